The fraction of sp³-hybridized carbons (Fsp3) is 0.188. The van der Waals surface area contributed by atoms with Gasteiger partial charge >= 0.3 is 5.97 Å². The molecule has 0 saturated heterocycles. The molecule has 1 aromatic carbocycles. The number of aliphatic hydroxyl groups is 3. The predicted octanol–water partition coefficient (Wildman–Crippen LogP) is 2.04. The van der Waals surface area contributed by atoms with Crippen molar-refractivity contribution < 1.29 is 25.2 Å². The lowest BCUT2D eigenvalue weighted by molar-refractivity contribution is 0.0696. The number of benzene rings is 1. The molecule has 0 aliphatic heterocycles. The summed E-state index contributed by atoms with van der Waals surface area (Å²) in [5.41, 5.74) is 0.359. The molecule has 0 amide bonds. The van der Waals surface area contributed by atoms with Crippen molar-refractivity contribution in [2.24, 2.45) is 0 Å². The number of hydrogen-bond donors (Lipinski definition) is 4. The second-order valence-electron chi connectivity index (χ2n) is 4.42. The summed E-state index contributed by atoms with van der Waals surface area (Å²) in [5.74, 6) is -1.22. The van der Waals surface area contributed by atoms with Crippen LogP contribution in [-0.2, 0) is 0 Å². The molecule has 0 aliphatic carbocycles. The summed E-state index contributed by atoms with van der Waals surface area (Å²) in [5, 5.41) is 39.1. The van der Waals surface area contributed by atoms with Gasteiger partial charge in [-0.1, -0.05) is 18.2 Å². The van der Waals surface area contributed by atoms with Crippen LogP contribution in [0, 0.1) is 0 Å². The Morgan fingerprint density at radius 3 is 1.57 bits per heavy atom. The number of carboxylic acid groups (broad SMARTS) is 1. The highest BCUT2D eigenvalue weighted by molar-refractivity contribution is 5.88. The average Bonchev–Trinajstić information content (AvgIpc) is 2.50. The minimum atomic E-state index is -1.22. The smallest absolute Gasteiger partial charge is 0.335 e. The second-order valence-corrected chi connectivity index (χ2v) is 4.42. The standard InChI is InChI=1S/C16H18O5/c1-4-12(17)10-7-9(16(20)21)8-11(13(18)5-2)15(10)14(19)6-3/h4-8,12-14,17-19H,1-3H2,(H,20,21). The van der Waals surface area contributed by atoms with E-state index in [2.05, 4.69) is 19.7 Å². The van der Waals surface area contributed by atoms with Gasteiger partial charge in [-0.05, 0) is 28.8 Å². The Labute approximate surface area is 122 Å². The van der Waals surface area contributed by atoms with Gasteiger partial charge in [0, 0.05) is 0 Å². The first-order chi connectivity index (χ1) is 9.87. The van der Waals surface area contributed by atoms with Crippen LogP contribution < -0.4 is 0 Å². The number of rotatable bonds is 7. The zero-order chi connectivity index (χ0) is 16.2. The van der Waals surface area contributed by atoms with Gasteiger partial charge in [0.25, 0.3) is 0 Å². The Hall–Kier alpha value is -2.21. The third kappa shape index (κ3) is 3.46. The molecular formula is C16H18O5. The number of aromatic carboxylic acids is 1. The molecule has 5 nitrogen and oxygen atoms in total. The molecule has 1 rings (SSSR count). The van der Waals surface area contributed by atoms with Crippen LogP contribution in [0.5, 0.6) is 0 Å². The van der Waals surface area contributed by atoms with Gasteiger partial charge in [-0.25, -0.2) is 4.79 Å². The van der Waals surface area contributed by atoms with Crippen molar-refractivity contribution in [3.8, 4) is 0 Å². The topological polar surface area (TPSA) is 98.0 Å². The Morgan fingerprint density at radius 2 is 1.29 bits per heavy atom. The molecule has 0 saturated carbocycles. The minimum absolute atomic E-state index is 0.123. The van der Waals surface area contributed by atoms with E-state index >= 15 is 0 Å². The highest BCUT2D eigenvalue weighted by atomic mass is 16.4. The van der Waals surface area contributed by atoms with Crippen LogP contribution in [0.3, 0.4) is 0 Å². The lowest BCUT2D eigenvalue weighted by atomic mass is 9.88. The first-order valence-electron chi connectivity index (χ1n) is 6.20. The molecule has 0 aliphatic rings. The van der Waals surface area contributed by atoms with Crippen molar-refractivity contribution in [1.29, 1.82) is 0 Å². The molecule has 112 valence electrons. The quantitative estimate of drug-likeness (QED) is 0.576. The van der Waals surface area contributed by atoms with Crippen LogP contribution in [0.4, 0.5) is 0 Å². The highest BCUT2D eigenvalue weighted by Crippen LogP contribution is 2.34. The normalized spacial score (nSPS) is 14.8. The minimum Gasteiger partial charge on any atom is -0.478 e. The molecule has 5 heteroatoms. The third-order valence-corrected chi connectivity index (χ3v) is 3.09. The van der Waals surface area contributed by atoms with E-state index in [1.54, 1.807) is 0 Å². The molecule has 4 N–H and O–H groups in total. The molecule has 3 atom stereocenters. The van der Waals surface area contributed by atoms with Gasteiger partial charge in [-0.15, -0.1) is 19.7 Å². The molecule has 0 spiro atoms. The van der Waals surface area contributed by atoms with Gasteiger partial charge < -0.3 is 20.4 Å². The monoisotopic (exact) mass is 290 g/mol. The molecule has 0 fully saturated rings. The van der Waals surface area contributed by atoms with E-state index in [1.165, 1.54) is 30.4 Å². The first-order valence-corrected chi connectivity index (χ1v) is 6.20. The lowest BCUT2D eigenvalue weighted by Gasteiger charge is -2.22. The Balaban J connectivity index is 3.75. The Bertz CT molecular complexity index is 541. The maximum absolute atomic E-state index is 11.2. The van der Waals surface area contributed by atoms with Crippen LogP contribution in [0.1, 0.15) is 45.4 Å². The van der Waals surface area contributed by atoms with E-state index in [4.69, 9.17) is 5.11 Å². The van der Waals surface area contributed by atoms with Crippen molar-refractivity contribution in [3.63, 3.8) is 0 Å². The summed E-state index contributed by atoms with van der Waals surface area (Å²) in [7, 11) is 0. The lowest BCUT2D eigenvalue weighted by Crippen LogP contribution is -2.13. The van der Waals surface area contributed by atoms with Crippen molar-refractivity contribution in [1.82, 2.24) is 0 Å². The molecule has 3 unspecified atom stereocenters. The Morgan fingerprint density at radius 1 is 0.905 bits per heavy atom. The summed E-state index contributed by atoms with van der Waals surface area (Å²) < 4.78 is 0. The summed E-state index contributed by atoms with van der Waals surface area (Å²) in [6.45, 7) is 10.4. The fourth-order valence-electron chi connectivity index (χ4n) is 2.03. The van der Waals surface area contributed by atoms with Gasteiger partial charge in [0.1, 0.15) is 0 Å². The van der Waals surface area contributed by atoms with E-state index in [-0.39, 0.29) is 22.3 Å². The summed E-state index contributed by atoms with van der Waals surface area (Å²) in [4.78, 5) is 11.2. The van der Waals surface area contributed by atoms with Gasteiger partial charge in [-0.2, -0.15) is 0 Å². The molecule has 0 heterocycles. The van der Waals surface area contributed by atoms with E-state index in [0.29, 0.717) is 0 Å². The predicted molar refractivity (Wildman–Crippen MR) is 78.9 cm³/mol. The zero-order valence-electron chi connectivity index (χ0n) is 11.4. The highest BCUT2D eigenvalue weighted by Gasteiger charge is 2.24. The van der Waals surface area contributed by atoms with Crippen LogP contribution in [0.25, 0.3) is 0 Å². The van der Waals surface area contributed by atoms with Crippen LogP contribution >= 0.6 is 0 Å². The SMILES string of the molecule is C=CC(O)c1cc(C(=O)O)cc(C(O)C=C)c1C(O)C=C. The maximum Gasteiger partial charge on any atom is 0.335 e. The fourth-order valence-corrected chi connectivity index (χ4v) is 2.03. The molecular weight excluding hydrogens is 272 g/mol. The molecule has 21 heavy (non-hydrogen) atoms. The van der Waals surface area contributed by atoms with E-state index in [0.717, 1.165) is 0 Å². The molecule has 1 aromatic rings. The van der Waals surface area contributed by atoms with Gasteiger partial charge in [-0.3, -0.25) is 0 Å². The largest absolute Gasteiger partial charge is 0.478 e. The molecule has 0 radical (unpaired) electrons. The van der Waals surface area contributed by atoms with Crippen LogP contribution in [-0.4, -0.2) is 26.4 Å². The van der Waals surface area contributed by atoms with Crippen LogP contribution in [0.2, 0.25) is 0 Å². The van der Waals surface area contributed by atoms with Crippen molar-refractivity contribution in [2.45, 2.75) is 18.3 Å². The van der Waals surface area contributed by atoms with Crippen LogP contribution in [0.15, 0.2) is 50.1 Å². The average molecular weight is 290 g/mol. The van der Waals surface area contributed by atoms with E-state index < -0.39 is 24.3 Å². The third-order valence-electron chi connectivity index (χ3n) is 3.09. The van der Waals surface area contributed by atoms with Crippen molar-refractivity contribution in [2.75, 3.05) is 0 Å². The van der Waals surface area contributed by atoms with Gasteiger partial charge in [0.2, 0.25) is 0 Å². The number of carboxylic acids is 1. The summed E-state index contributed by atoms with van der Waals surface area (Å²) in [6.07, 6.45) is 0.0553. The molecule has 0 aromatic heterocycles. The number of hydrogen-bond acceptors (Lipinski definition) is 4. The zero-order valence-corrected chi connectivity index (χ0v) is 11.4. The Kier molecular flexibility index (Phi) is 5.60. The van der Waals surface area contributed by atoms with E-state index in [1.807, 2.05) is 0 Å². The van der Waals surface area contributed by atoms with E-state index in [9.17, 15) is 20.1 Å². The number of carbonyl (C=O) groups is 1. The molecule has 0 bridgehead atoms. The van der Waals surface area contributed by atoms with Gasteiger partial charge in [0.15, 0.2) is 0 Å². The van der Waals surface area contributed by atoms with Gasteiger partial charge in [0.05, 0.1) is 23.9 Å². The maximum atomic E-state index is 11.2. The van der Waals surface area contributed by atoms with Crippen molar-refractivity contribution >= 4 is 5.97 Å². The summed E-state index contributed by atoms with van der Waals surface area (Å²) in [6, 6.07) is 2.46. The van der Waals surface area contributed by atoms with Crippen molar-refractivity contribution in [3.05, 3.63) is 72.4 Å². The number of aliphatic hydroxyl groups excluding tert-OH is 3. The summed E-state index contributed by atoms with van der Waals surface area (Å²) >= 11 is 0. The first kappa shape index (κ1) is 16.8. The second kappa shape index (κ2) is 6.99.